The van der Waals surface area contributed by atoms with Gasteiger partial charge in [0.2, 0.25) is 11.8 Å². The van der Waals surface area contributed by atoms with Crippen LogP contribution < -0.4 is 0 Å². The zero-order valence-electron chi connectivity index (χ0n) is 12.7. The molecule has 0 aliphatic heterocycles. The Hall–Kier alpha value is -2.21. The first kappa shape index (κ1) is 15.2. The number of benzene rings is 1. The zero-order chi connectivity index (χ0) is 15.4. The molecule has 112 valence electrons. The summed E-state index contributed by atoms with van der Waals surface area (Å²) in [6.07, 6.45) is 0. The van der Waals surface area contributed by atoms with Crippen LogP contribution in [0.2, 0.25) is 0 Å². The standard InChI is InChI=1S/C15H19N3O3/c1-10(14-17-16-11(2)21-14)18(3)9-12-5-7-13(8-6-12)15(19)20-4/h5-8,10H,9H2,1-4H3/t10-/m0/s1. The minimum atomic E-state index is -0.329. The molecule has 0 aliphatic carbocycles. The second-order valence-corrected chi connectivity index (χ2v) is 4.94. The second kappa shape index (κ2) is 6.49. The van der Waals surface area contributed by atoms with Crippen LogP contribution in [0.15, 0.2) is 28.7 Å². The highest BCUT2D eigenvalue weighted by Crippen LogP contribution is 2.19. The molecule has 0 aliphatic rings. The molecule has 0 fully saturated rings. The summed E-state index contributed by atoms with van der Waals surface area (Å²) in [4.78, 5) is 13.5. The Morgan fingerprint density at radius 3 is 2.52 bits per heavy atom. The van der Waals surface area contributed by atoms with Crippen LogP contribution in [0, 0.1) is 6.92 Å². The molecule has 6 heteroatoms. The van der Waals surface area contributed by atoms with E-state index in [9.17, 15) is 4.79 Å². The lowest BCUT2D eigenvalue weighted by atomic mass is 10.1. The Morgan fingerprint density at radius 2 is 2.00 bits per heavy atom. The van der Waals surface area contributed by atoms with Gasteiger partial charge < -0.3 is 9.15 Å². The summed E-state index contributed by atoms with van der Waals surface area (Å²) < 4.78 is 10.1. The van der Waals surface area contributed by atoms with Gasteiger partial charge in [0.05, 0.1) is 18.7 Å². The average Bonchev–Trinajstić information content (AvgIpc) is 2.93. The van der Waals surface area contributed by atoms with Crippen molar-refractivity contribution in [3.8, 4) is 0 Å². The molecule has 6 nitrogen and oxygen atoms in total. The highest BCUT2D eigenvalue weighted by molar-refractivity contribution is 5.89. The van der Waals surface area contributed by atoms with E-state index in [0.29, 0.717) is 23.9 Å². The van der Waals surface area contributed by atoms with Crippen molar-refractivity contribution in [2.45, 2.75) is 26.4 Å². The van der Waals surface area contributed by atoms with Crippen LogP contribution in [-0.4, -0.2) is 35.2 Å². The van der Waals surface area contributed by atoms with Gasteiger partial charge in [0.25, 0.3) is 0 Å². The fourth-order valence-corrected chi connectivity index (χ4v) is 1.96. The molecule has 21 heavy (non-hydrogen) atoms. The van der Waals surface area contributed by atoms with Gasteiger partial charge in [-0.3, -0.25) is 4.90 Å². The summed E-state index contributed by atoms with van der Waals surface area (Å²) in [7, 11) is 3.36. The number of methoxy groups -OCH3 is 1. The number of nitrogens with zero attached hydrogens (tertiary/aromatic N) is 3. The first-order chi connectivity index (χ1) is 10.0. The molecule has 2 aromatic rings. The number of aromatic nitrogens is 2. The summed E-state index contributed by atoms with van der Waals surface area (Å²) in [5, 5.41) is 7.88. The third-order valence-electron chi connectivity index (χ3n) is 3.37. The van der Waals surface area contributed by atoms with Gasteiger partial charge >= 0.3 is 5.97 Å². The van der Waals surface area contributed by atoms with Crippen molar-refractivity contribution in [3.63, 3.8) is 0 Å². The maximum absolute atomic E-state index is 11.4. The molecule has 0 radical (unpaired) electrons. The Balaban J connectivity index is 2.02. The maximum atomic E-state index is 11.4. The van der Waals surface area contributed by atoms with E-state index in [1.807, 2.05) is 26.1 Å². The Kier molecular flexibility index (Phi) is 4.70. The van der Waals surface area contributed by atoms with E-state index in [4.69, 9.17) is 4.42 Å². The molecule has 0 unspecified atom stereocenters. The van der Waals surface area contributed by atoms with Gasteiger partial charge in [-0.15, -0.1) is 10.2 Å². The van der Waals surface area contributed by atoms with Gasteiger partial charge in [0.15, 0.2) is 0 Å². The molecule has 1 atom stereocenters. The largest absolute Gasteiger partial charge is 0.465 e. The van der Waals surface area contributed by atoms with Gasteiger partial charge in [0.1, 0.15) is 0 Å². The van der Waals surface area contributed by atoms with Crippen molar-refractivity contribution < 1.29 is 13.9 Å². The molecular weight excluding hydrogens is 270 g/mol. The van der Waals surface area contributed by atoms with Crippen LogP contribution in [0.3, 0.4) is 0 Å². The smallest absolute Gasteiger partial charge is 0.337 e. The SMILES string of the molecule is COC(=O)c1ccc(CN(C)[C@@H](C)c2nnc(C)o2)cc1. The van der Waals surface area contributed by atoms with Crippen LogP contribution in [0.25, 0.3) is 0 Å². The van der Waals surface area contributed by atoms with Gasteiger partial charge in [-0.1, -0.05) is 12.1 Å². The van der Waals surface area contributed by atoms with Gasteiger partial charge in [-0.25, -0.2) is 4.79 Å². The van der Waals surface area contributed by atoms with Crippen molar-refractivity contribution in [1.29, 1.82) is 0 Å². The number of ether oxygens (including phenoxy) is 1. The lowest BCUT2D eigenvalue weighted by molar-refractivity contribution is 0.0600. The number of esters is 1. The number of aryl methyl sites for hydroxylation is 1. The van der Waals surface area contributed by atoms with Gasteiger partial charge in [-0.05, 0) is 31.7 Å². The summed E-state index contributed by atoms with van der Waals surface area (Å²) in [5.41, 5.74) is 1.64. The summed E-state index contributed by atoms with van der Waals surface area (Å²) >= 11 is 0. The van der Waals surface area contributed by atoms with E-state index in [-0.39, 0.29) is 12.0 Å². The first-order valence-corrected chi connectivity index (χ1v) is 6.68. The molecule has 0 N–H and O–H groups in total. The third-order valence-corrected chi connectivity index (χ3v) is 3.37. The lowest BCUT2D eigenvalue weighted by Gasteiger charge is -2.21. The van der Waals surface area contributed by atoms with E-state index >= 15 is 0 Å². The molecule has 1 aromatic carbocycles. The van der Waals surface area contributed by atoms with E-state index in [1.54, 1.807) is 19.1 Å². The molecule has 0 bridgehead atoms. The number of hydrogen-bond acceptors (Lipinski definition) is 6. The quantitative estimate of drug-likeness (QED) is 0.787. The highest BCUT2D eigenvalue weighted by atomic mass is 16.5. The number of hydrogen-bond donors (Lipinski definition) is 0. The van der Waals surface area contributed by atoms with Gasteiger partial charge in [-0.2, -0.15) is 0 Å². The van der Waals surface area contributed by atoms with Crippen molar-refractivity contribution >= 4 is 5.97 Å². The van der Waals surface area contributed by atoms with E-state index in [1.165, 1.54) is 7.11 Å². The van der Waals surface area contributed by atoms with Crippen LogP contribution in [-0.2, 0) is 11.3 Å². The molecular formula is C15H19N3O3. The number of carbonyl (C=O) groups excluding carboxylic acids is 1. The Bertz CT molecular complexity index is 607. The van der Waals surface area contributed by atoms with Crippen LogP contribution in [0.4, 0.5) is 0 Å². The normalized spacial score (nSPS) is 12.4. The predicted octanol–water partition coefficient (Wildman–Crippen LogP) is 2.36. The predicted molar refractivity (Wildman–Crippen MR) is 76.7 cm³/mol. The molecule has 2 rings (SSSR count). The molecule has 0 spiro atoms. The topological polar surface area (TPSA) is 68.5 Å². The van der Waals surface area contributed by atoms with Crippen LogP contribution in [0.1, 0.15) is 40.7 Å². The fraction of sp³-hybridized carbons (Fsp3) is 0.400. The van der Waals surface area contributed by atoms with E-state index in [2.05, 4.69) is 19.8 Å². The fourth-order valence-electron chi connectivity index (χ4n) is 1.96. The minimum absolute atomic E-state index is 0.0199. The third kappa shape index (κ3) is 3.66. The van der Waals surface area contributed by atoms with E-state index in [0.717, 1.165) is 5.56 Å². The van der Waals surface area contributed by atoms with Crippen LogP contribution >= 0.6 is 0 Å². The van der Waals surface area contributed by atoms with Crippen molar-refractivity contribution in [1.82, 2.24) is 15.1 Å². The summed E-state index contributed by atoms with van der Waals surface area (Å²) in [6, 6.07) is 7.36. The maximum Gasteiger partial charge on any atom is 0.337 e. The van der Waals surface area contributed by atoms with Crippen molar-refractivity contribution in [2.24, 2.45) is 0 Å². The second-order valence-electron chi connectivity index (χ2n) is 4.94. The lowest BCUT2D eigenvalue weighted by Crippen LogP contribution is -2.22. The average molecular weight is 289 g/mol. The summed E-state index contributed by atoms with van der Waals surface area (Å²) in [5.74, 6) is 0.832. The monoisotopic (exact) mass is 289 g/mol. The number of carbonyl (C=O) groups is 1. The summed E-state index contributed by atoms with van der Waals surface area (Å²) in [6.45, 7) is 4.49. The molecule has 1 aromatic heterocycles. The van der Waals surface area contributed by atoms with Crippen molar-refractivity contribution in [3.05, 3.63) is 47.2 Å². The number of rotatable bonds is 5. The molecule has 0 amide bonds. The molecule has 1 heterocycles. The van der Waals surface area contributed by atoms with E-state index < -0.39 is 0 Å². The first-order valence-electron chi connectivity index (χ1n) is 6.68. The highest BCUT2D eigenvalue weighted by Gasteiger charge is 2.17. The van der Waals surface area contributed by atoms with Gasteiger partial charge in [0, 0.05) is 13.5 Å². The Morgan fingerprint density at radius 1 is 1.33 bits per heavy atom. The molecule has 0 saturated heterocycles. The molecule has 0 saturated carbocycles. The van der Waals surface area contributed by atoms with Crippen LogP contribution in [0.5, 0.6) is 0 Å². The Labute approximate surface area is 123 Å². The zero-order valence-corrected chi connectivity index (χ0v) is 12.7. The minimum Gasteiger partial charge on any atom is -0.465 e. The van der Waals surface area contributed by atoms with Crippen molar-refractivity contribution in [2.75, 3.05) is 14.2 Å².